The first-order valence-corrected chi connectivity index (χ1v) is 4.02. The van der Waals surface area contributed by atoms with E-state index < -0.39 is 0 Å². The smallest absolute Gasteiger partial charge is 0.00369 e. The lowest BCUT2D eigenvalue weighted by Gasteiger charge is -2.00. The number of hydrogen-bond acceptors (Lipinski definition) is 3. The average Bonchev–Trinajstić information content (AvgIpc) is 2.08. The Morgan fingerprint density at radius 1 is 0.909 bits per heavy atom. The molecule has 0 aromatic heterocycles. The molecule has 3 heteroatoms. The van der Waals surface area contributed by atoms with Crippen LogP contribution in [0.25, 0.3) is 0 Å². The summed E-state index contributed by atoms with van der Waals surface area (Å²) in [5.41, 5.74) is 10.6. The number of hydrogen-bond donors (Lipinski definition) is 3. The van der Waals surface area contributed by atoms with E-state index in [9.17, 15) is 0 Å². The van der Waals surface area contributed by atoms with Crippen LogP contribution in [-0.4, -0.2) is 26.2 Å². The quantitative estimate of drug-likeness (QED) is 0.380. The molecule has 0 fully saturated rings. The monoisotopic (exact) mass is 159 g/mol. The lowest BCUT2D eigenvalue weighted by Crippen LogP contribution is -2.21. The van der Waals surface area contributed by atoms with E-state index in [1.807, 2.05) is 0 Å². The Labute approximate surface area is 69.8 Å². The van der Waals surface area contributed by atoms with Gasteiger partial charge in [-0.05, 0) is 39.0 Å². The molecule has 0 aliphatic heterocycles. The van der Waals surface area contributed by atoms with Crippen molar-refractivity contribution in [3.63, 3.8) is 0 Å². The molecule has 11 heavy (non-hydrogen) atoms. The maximum absolute atomic E-state index is 5.28. The van der Waals surface area contributed by atoms with Crippen LogP contribution in [0.2, 0.25) is 0 Å². The van der Waals surface area contributed by atoms with Gasteiger partial charge in [-0.1, -0.05) is 0 Å². The molecule has 0 aliphatic rings. The van der Waals surface area contributed by atoms with Gasteiger partial charge in [0.15, 0.2) is 0 Å². The van der Waals surface area contributed by atoms with Crippen molar-refractivity contribution >= 4 is 0 Å². The van der Waals surface area contributed by atoms with Crippen LogP contribution in [0, 0.1) is 0 Å². The summed E-state index contributed by atoms with van der Waals surface area (Å²) in [6, 6.07) is 0. The van der Waals surface area contributed by atoms with Gasteiger partial charge in [0.1, 0.15) is 0 Å². The summed E-state index contributed by atoms with van der Waals surface area (Å²) in [5.74, 6) is 0. The normalized spacial score (nSPS) is 8.55. The van der Waals surface area contributed by atoms with Crippen LogP contribution >= 0.6 is 0 Å². The SMILES string of the molecule is C=C.NCCCNCCCN. The molecular formula is C8H21N3. The summed E-state index contributed by atoms with van der Waals surface area (Å²) in [4.78, 5) is 0. The average molecular weight is 159 g/mol. The van der Waals surface area contributed by atoms with Crippen LogP contribution in [0.3, 0.4) is 0 Å². The molecule has 5 N–H and O–H groups in total. The van der Waals surface area contributed by atoms with Gasteiger partial charge in [0, 0.05) is 0 Å². The van der Waals surface area contributed by atoms with Crippen LogP contribution in [0.5, 0.6) is 0 Å². The van der Waals surface area contributed by atoms with Gasteiger partial charge in [-0.2, -0.15) is 0 Å². The van der Waals surface area contributed by atoms with E-state index in [2.05, 4.69) is 18.5 Å². The van der Waals surface area contributed by atoms with E-state index in [1.165, 1.54) is 0 Å². The lowest BCUT2D eigenvalue weighted by atomic mass is 10.4. The van der Waals surface area contributed by atoms with Crippen LogP contribution in [0.15, 0.2) is 13.2 Å². The Bertz CT molecular complexity index is 51.3. The summed E-state index contributed by atoms with van der Waals surface area (Å²) in [6.45, 7) is 9.60. The van der Waals surface area contributed by atoms with Gasteiger partial charge in [0.05, 0.1) is 0 Å². The molecule has 0 atom stereocenters. The lowest BCUT2D eigenvalue weighted by molar-refractivity contribution is 0.631. The van der Waals surface area contributed by atoms with Crippen LogP contribution in [-0.2, 0) is 0 Å². The van der Waals surface area contributed by atoms with Crippen molar-refractivity contribution in [2.24, 2.45) is 11.5 Å². The Morgan fingerprint density at radius 2 is 1.27 bits per heavy atom. The molecular weight excluding hydrogens is 138 g/mol. The summed E-state index contributed by atoms with van der Waals surface area (Å²) in [5, 5.41) is 3.23. The molecule has 0 spiro atoms. The zero-order chi connectivity index (χ0) is 8.95. The summed E-state index contributed by atoms with van der Waals surface area (Å²) < 4.78 is 0. The van der Waals surface area contributed by atoms with Gasteiger partial charge in [0.2, 0.25) is 0 Å². The molecule has 0 rings (SSSR count). The second-order valence-corrected chi connectivity index (χ2v) is 2.03. The molecule has 0 saturated carbocycles. The maximum Gasteiger partial charge on any atom is -0.00369 e. The minimum atomic E-state index is 0.773. The van der Waals surface area contributed by atoms with Gasteiger partial charge in [0.25, 0.3) is 0 Å². The van der Waals surface area contributed by atoms with Gasteiger partial charge in [-0.25, -0.2) is 0 Å². The first-order chi connectivity index (χ1) is 5.41. The highest BCUT2D eigenvalue weighted by molar-refractivity contribution is 4.48. The number of rotatable bonds is 6. The molecule has 3 nitrogen and oxygen atoms in total. The standard InChI is InChI=1S/C6H17N3.C2H4/c7-3-1-5-9-6-2-4-8;1-2/h9H,1-8H2;1-2H2. The van der Waals surface area contributed by atoms with Crippen molar-refractivity contribution in [2.45, 2.75) is 12.8 Å². The first kappa shape index (κ1) is 13.2. The molecule has 0 bridgehead atoms. The second-order valence-electron chi connectivity index (χ2n) is 2.03. The zero-order valence-electron chi connectivity index (χ0n) is 7.31. The molecule has 68 valence electrons. The van der Waals surface area contributed by atoms with E-state index in [4.69, 9.17) is 11.5 Å². The number of nitrogens with two attached hydrogens (primary N) is 2. The Kier molecular flexibility index (Phi) is 19.6. The molecule has 0 aromatic carbocycles. The van der Waals surface area contributed by atoms with E-state index in [-0.39, 0.29) is 0 Å². The van der Waals surface area contributed by atoms with Gasteiger partial charge < -0.3 is 16.8 Å². The molecule has 0 heterocycles. The first-order valence-electron chi connectivity index (χ1n) is 4.02. The molecule has 0 aliphatic carbocycles. The van der Waals surface area contributed by atoms with Crippen LogP contribution in [0.1, 0.15) is 12.8 Å². The summed E-state index contributed by atoms with van der Waals surface area (Å²) >= 11 is 0. The fourth-order valence-corrected chi connectivity index (χ4v) is 0.579. The minimum Gasteiger partial charge on any atom is -0.330 e. The predicted molar refractivity (Wildman–Crippen MR) is 51.5 cm³/mol. The Hall–Kier alpha value is -0.380. The van der Waals surface area contributed by atoms with E-state index >= 15 is 0 Å². The maximum atomic E-state index is 5.28. The van der Waals surface area contributed by atoms with Crippen LogP contribution < -0.4 is 16.8 Å². The minimum absolute atomic E-state index is 0.773. The highest BCUT2D eigenvalue weighted by Gasteiger charge is 1.83. The fourth-order valence-electron chi connectivity index (χ4n) is 0.579. The molecule has 0 aromatic rings. The highest BCUT2D eigenvalue weighted by atomic mass is 14.8. The topological polar surface area (TPSA) is 64.1 Å². The highest BCUT2D eigenvalue weighted by Crippen LogP contribution is 1.72. The molecule has 0 amide bonds. The molecule has 0 radical (unpaired) electrons. The fraction of sp³-hybridized carbons (Fsp3) is 0.750. The van der Waals surface area contributed by atoms with Crippen molar-refractivity contribution in [1.29, 1.82) is 0 Å². The molecule has 0 saturated heterocycles. The Balaban J connectivity index is 0. The van der Waals surface area contributed by atoms with E-state index in [0.29, 0.717) is 0 Å². The van der Waals surface area contributed by atoms with E-state index in [1.54, 1.807) is 0 Å². The van der Waals surface area contributed by atoms with Crippen molar-refractivity contribution in [2.75, 3.05) is 26.2 Å². The third-order valence-corrected chi connectivity index (χ3v) is 1.12. The number of nitrogens with one attached hydrogen (secondary N) is 1. The molecule has 0 unspecified atom stereocenters. The van der Waals surface area contributed by atoms with Crippen molar-refractivity contribution in [3.8, 4) is 0 Å². The predicted octanol–water partition coefficient (Wildman–Crippen LogP) is 0.0758. The van der Waals surface area contributed by atoms with Crippen molar-refractivity contribution in [3.05, 3.63) is 13.2 Å². The Morgan fingerprint density at radius 3 is 1.55 bits per heavy atom. The van der Waals surface area contributed by atoms with Crippen LogP contribution in [0.4, 0.5) is 0 Å². The third-order valence-electron chi connectivity index (χ3n) is 1.12. The van der Waals surface area contributed by atoms with Gasteiger partial charge >= 0.3 is 0 Å². The second kappa shape index (κ2) is 16.3. The zero-order valence-corrected chi connectivity index (χ0v) is 7.31. The third kappa shape index (κ3) is 17.7. The summed E-state index contributed by atoms with van der Waals surface area (Å²) in [6.07, 6.45) is 2.12. The largest absolute Gasteiger partial charge is 0.330 e. The summed E-state index contributed by atoms with van der Waals surface area (Å²) in [7, 11) is 0. The van der Waals surface area contributed by atoms with Crippen molar-refractivity contribution < 1.29 is 0 Å². The van der Waals surface area contributed by atoms with E-state index in [0.717, 1.165) is 39.0 Å². The van der Waals surface area contributed by atoms with Crippen molar-refractivity contribution in [1.82, 2.24) is 5.32 Å². The van der Waals surface area contributed by atoms with Gasteiger partial charge in [-0.3, -0.25) is 0 Å². The van der Waals surface area contributed by atoms with Gasteiger partial charge in [-0.15, -0.1) is 13.2 Å².